The third-order valence-corrected chi connectivity index (χ3v) is 1.72. The second-order valence-electron chi connectivity index (χ2n) is 2.57. The maximum atomic E-state index is 12.6. The molecule has 0 saturated carbocycles. The summed E-state index contributed by atoms with van der Waals surface area (Å²) in [4.78, 5) is 3.82. The summed E-state index contributed by atoms with van der Waals surface area (Å²) in [5.74, 6) is 0.312. The molecule has 0 atom stereocenters. The minimum absolute atomic E-state index is 0.283. The Morgan fingerprint density at radius 3 is 3.36 bits per heavy atom. The third-order valence-electron chi connectivity index (χ3n) is 1.72. The van der Waals surface area contributed by atoms with E-state index in [0.717, 1.165) is 18.4 Å². The number of fused-ring (bicyclic) bond motifs is 1. The number of pyridine rings is 1. The Morgan fingerprint density at radius 1 is 1.55 bits per heavy atom. The molecule has 2 nitrogen and oxygen atoms in total. The maximum Gasteiger partial charge on any atom is 0.216 e. The van der Waals surface area contributed by atoms with E-state index in [0.29, 0.717) is 12.5 Å². The Hall–Kier alpha value is -1.12. The van der Waals surface area contributed by atoms with E-state index in [9.17, 15) is 4.39 Å². The Morgan fingerprint density at radius 2 is 2.45 bits per heavy atom. The number of hydrogen-bond acceptors (Lipinski definition) is 2. The first-order valence-electron chi connectivity index (χ1n) is 3.63. The van der Waals surface area contributed by atoms with Crippen LogP contribution < -0.4 is 4.74 Å². The summed E-state index contributed by atoms with van der Waals surface area (Å²) in [6, 6.07) is 1.49. The summed E-state index contributed by atoms with van der Waals surface area (Å²) < 4.78 is 17.8. The predicted octanol–water partition coefficient (Wildman–Crippen LogP) is 1.55. The van der Waals surface area contributed by atoms with Crippen molar-refractivity contribution in [3.63, 3.8) is 0 Å². The summed E-state index contributed by atoms with van der Waals surface area (Å²) in [7, 11) is 0. The van der Waals surface area contributed by atoms with E-state index in [1.165, 1.54) is 12.3 Å². The molecule has 1 aromatic heterocycles. The van der Waals surface area contributed by atoms with Crippen molar-refractivity contribution >= 4 is 0 Å². The van der Waals surface area contributed by atoms with E-state index in [4.69, 9.17) is 4.74 Å². The number of aryl methyl sites for hydroxylation is 1. The molecule has 1 aliphatic heterocycles. The lowest BCUT2D eigenvalue weighted by Crippen LogP contribution is -2.09. The molecule has 0 spiro atoms. The molecular formula is C8H8FNO. The SMILES string of the molecule is Fc1cnc2c(c1)CCCO2. The van der Waals surface area contributed by atoms with E-state index in [2.05, 4.69) is 4.98 Å². The van der Waals surface area contributed by atoms with Crippen LogP contribution >= 0.6 is 0 Å². The second kappa shape index (κ2) is 2.49. The van der Waals surface area contributed by atoms with Crippen LogP contribution in [0.1, 0.15) is 12.0 Å². The number of hydrogen-bond donors (Lipinski definition) is 0. The predicted molar refractivity (Wildman–Crippen MR) is 38.0 cm³/mol. The summed E-state index contributed by atoms with van der Waals surface area (Å²) in [6.07, 6.45) is 3.02. The average Bonchev–Trinajstić information content (AvgIpc) is 2.04. The lowest BCUT2D eigenvalue weighted by molar-refractivity contribution is 0.275. The number of nitrogens with zero attached hydrogens (tertiary/aromatic N) is 1. The van der Waals surface area contributed by atoms with Gasteiger partial charge in [0.05, 0.1) is 12.8 Å². The van der Waals surface area contributed by atoms with Crippen LogP contribution in [0.15, 0.2) is 12.3 Å². The number of ether oxygens (including phenoxy) is 1. The molecule has 0 N–H and O–H groups in total. The normalized spacial score (nSPS) is 15.4. The Labute approximate surface area is 64.0 Å². The molecule has 2 rings (SSSR count). The van der Waals surface area contributed by atoms with Gasteiger partial charge in [-0.05, 0) is 18.9 Å². The van der Waals surface area contributed by atoms with Crippen LogP contribution in [0, 0.1) is 5.82 Å². The zero-order valence-electron chi connectivity index (χ0n) is 6.01. The molecule has 58 valence electrons. The highest BCUT2D eigenvalue weighted by molar-refractivity contribution is 5.27. The standard InChI is InChI=1S/C8H8FNO/c9-7-4-6-2-1-3-11-8(6)10-5-7/h4-5H,1-3H2. The molecule has 0 saturated heterocycles. The van der Waals surface area contributed by atoms with E-state index < -0.39 is 0 Å². The van der Waals surface area contributed by atoms with Gasteiger partial charge in [0.2, 0.25) is 5.88 Å². The lowest BCUT2D eigenvalue weighted by Gasteiger charge is -2.14. The van der Waals surface area contributed by atoms with E-state index in [1.807, 2.05) is 0 Å². The van der Waals surface area contributed by atoms with Crippen LogP contribution in [0.4, 0.5) is 4.39 Å². The molecule has 1 aliphatic rings. The molecule has 3 heteroatoms. The van der Waals surface area contributed by atoms with Crippen LogP contribution in [0.5, 0.6) is 5.88 Å². The molecule has 0 aliphatic carbocycles. The number of rotatable bonds is 0. The summed E-state index contributed by atoms with van der Waals surface area (Å²) in [6.45, 7) is 0.700. The van der Waals surface area contributed by atoms with Gasteiger partial charge in [-0.3, -0.25) is 0 Å². The van der Waals surface area contributed by atoms with E-state index in [1.54, 1.807) is 0 Å². The molecule has 0 fully saturated rings. The highest BCUT2D eigenvalue weighted by Gasteiger charge is 2.11. The summed E-state index contributed by atoms with van der Waals surface area (Å²) in [5.41, 5.74) is 0.885. The van der Waals surface area contributed by atoms with Gasteiger partial charge in [-0.1, -0.05) is 0 Å². The highest BCUT2D eigenvalue weighted by atomic mass is 19.1. The molecule has 0 aromatic carbocycles. The topological polar surface area (TPSA) is 22.1 Å². The fraction of sp³-hybridized carbons (Fsp3) is 0.375. The van der Waals surface area contributed by atoms with Gasteiger partial charge in [-0.15, -0.1) is 0 Å². The van der Waals surface area contributed by atoms with Crippen LogP contribution in [-0.2, 0) is 6.42 Å². The number of aromatic nitrogens is 1. The van der Waals surface area contributed by atoms with Gasteiger partial charge in [0.15, 0.2) is 0 Å². The molecule has 0 amide bonds. The quantitative estimate of drug-likeness (QED) is 0.564. The molecule has 11 heavy (non-hydrogen) atoms. The van der Waals surface area contributed by atoms with Crippen molar-refractivity contribution in [2.24, 2.45) is 0 Å². The van der Waals surface area contributed by atoms with Crippen LogP contribution in [0.25, 0.3) is 0 Å². The van der Waals surface area contributed by atoms with Crippen molar-refractivity contribution in [2.45, 2.75) is 12.8 Å². The Kier molecular flexibility index (Phi) is 1.49. The number of halogens is 1. The largest absolute Gasteiger partial charge is 0.477 e. The van der Waals surface area contributed by atoms with Gasteiger partial charge in [-0.2, -0.15) is 0 Å². The first-order chi connectivity index (χ1) is 5.36. The van der Waals surface area contributed by atoms with Gasteiger partial charge in [0.25, 0.3) is 0 Å². The minimum atomic E-state index is -0.283. The van der Waals surface area contributed by atoms with Crippen molar-refractivity contribution in [1.82, 2.24) is 4.98 Å². The molecular weight excluding hydrogens is 145 g/mol. The molecule has 1 aromatic rings. The molecule has 2 heterocycles. The first kappa shape index (κ1) is 6.58. The van der Waals surface area contributed by atoms with Gasteiger partial charge in [-0.25, -0.2) is 9.37 Å². The molecule has 0 radical (unpaired) electrons. The van der Waals surface area contributed by atoms with Crippen LogP contribution in [-0.4, -0.2) is 11.6 Å². The second-order valence-corrected chi connectivity index (χ2v) is 2.57. The maximum absolute atomic E-state index is 12.6. The van der Waals surface area contributed by atoms with Gasteiger partial charge in [0.1, 0.15) is 5.82 Å². The highest BCUT2D eigenvalue weighted by Crippen LogP contribution is 2.21. The van der Waals surface area contributed by atoms with Gasteiger partial charge >= 0.3 is 0 Å². The third kappa shape index (κ3) is 1.18. The van der Waals surface area contributed by atoms with Crippen molar-refractivity contribution in [3.05, 3.63) is 23.6 Å². The van der Waals surface area contributed by atoms with Crippen molar-refractivity contribution < 1.29 is 9.13 Å². The van der Waals surface area contributed by atoms with Crippen LogP contribution in [0.2, 0.25) is 0 Å². The smallest absolute Gasteiger partial charge is 0.216 e. The fourth-order valence-corrected chi connectivity index (χ4v) is 1.21. The molecule has 0 unspecified atom stereocenters. The van der Waals surface area contributed by atoms with Gasteiger partial charge < -0.3 is 4.74 Å². The zero-order chi connectivity index (χ0) is 7.68. The monoisotopic (exact) mass is 153 g/mol. The van der Waals surface area contributed by atoms with Crippen molar-refractivity contribution in [1.29, 1.82) is 0 Å². The average molecular weight is 153 g/mol. The Balaban J connectivity index is 2.43. The summed E-state index contributed by atoms with van der Waals surface area (Å²) >= 11 is 0. The van der Waals surface area contributed by atoms with Crippen LogP contribution in [0.3, 0.4) is 0 Å². The zero-order valence-corrected chi connectivity index (χ0v) is 6.01. The fourth-order valence-electron chi connectivity index (χ4n) is 1.21. The van der Waals surface area contributed by atoms with Gasteiger partial charge in [0, 0.05) is 5.56 Å². The Bertz CT molecular complexity index is 275. The molecule has 0 bridgehead atoms. The lowest BCUT2D eigenvalue weighted by atomic mass is 10.1. The minimum Gasteiger partial charge on any atom is -0.477 e. The van der Waals surface area contributed by atoms with Crippen molar-refractivity contribution in [3.8, 4) is 5.88 Å². The van der Waals surface area contributed by atoms with E-state index >= 15 is 0 Å². The summed E-state index contributed by atoms with van der Waals surface area (Å²) in [5, 5.41) is 0. The van der Waals surface area contributed by atoms with E-state index in [-0.39, 0.29) is 5.82 Å². The van der Waals surface area contributed by atoms with Crippen molar-refractivity contribution in [2.75, 3.05) is 6.61 Å². The first-order valence-corrected chi connectivity index (χ1v) is 3.63.